The van der Waals surface area contributed by atoms with Gasteiger partial charge in [0.15, 0.2) is 5.82 Å². The molecule has 0 saturated carbocycles. The molecule has 3 aromatic rings. The van der Waals surface area contributed by atoms with Crippen molar-refractivity contribution in [2.75, 3.05) is 11.9 Å². The summed E-state index contributed by atoms with van der Waals surface area (Å²) < 4.78 is 3.63. The van der Waals surface area contributed by atoms with Gasteiger partial charge in [-0.05, 0) is 44.0 Å². The number of nitrogens with one attached hydrogen (secondary N) is 2. The quantitative estimate of drug-likeness (QED) is 0.713. The van der Waals surface area contributed by atoms with Gasteiger partial charge in [-0.25, -0.2) is 14.5 Å². The number of amides is 2. The molecule has 0 aliphatic rings. The summed E-state index contributed by atoms with van der Waals surface area (Å²) in [5.41, 5.74) is 2.76. The molecule has 0 fully saturated rings. The van der Waals surface area contributed by atoms with Crippen molar-refractivity contribution < 1.29 is 4.79 Å². The van der Waals surface area contributed by atoms with Crippen LogP contribution in [0.25, 0.3) is 5.82 Å². The van der Waals surface area contributed by atoms with Crippen molar-refractivity contribution in [3.8, 4) is 5.82 Å². The van der Waals surface area contributed by atoms with Gasteiger partial charge in [0.1, 0.15) is 0 Å². The smallest absolute Gasteiger partial charge is 0.319 e. The minimum atomic E-state index is -0.251. The number of hydrogen-bond donors (Lipinski definition) is 2. The Morgan fingerprint density at radius 2 is 2.15 bits per heavy atom. The zero-order chi connectivity index (χ0) is 18.5. The van der Waals surface area contributed by atoms with E-state index in [0.29, 0.717) is 18.1 Å². The lowest BCUT2D eigenvalue weighted by Crippen LogP contribution is -2.33. The van der Waals surface area contributed by atoms with Crippen LogP contribution in [0.2, 0.25) is 0 Å². The normalized spacial score (nSPS) is 12.0. The molecular formula is C18H23N7O. The lowest BCUT2D eigenvalue weighted by atomic mass is 10.2. The van der Waals surface area contributed by atoms with E-state index in [9.17, 15) is 4.79 Å². The monoisotopic (exact) mass is 353 g/mol. The van der Waals surface area contributed by atoms with Crippen molar-refractivity contribution in [1.29, 1.82) is 0 Å². The van der Waals surface area contributed by atoms with Crippen LogP contribution in [0.1, 0.15) is 18.3 Å². The molecule has 0 aliphatic carbocycles. The summed E-state index contributed by atoms with van der Waals surface area (Å²) in [5.74, 6) is 0.957. The van der Waals surface area contributed by atoms with Crippen LogP contribution in [0.5, 0.6) is 0 Å². The van der Waals surface area contributed by atoms with Gasteiger partial charge < -0.3 is 10.6 Å². The summed E-state index contributed by atoms with van der Waals surface area (Å²) in [6.45, 7) is 7.42. The molecule has 0 aliphatic heterocycles. The highest BCUT2D eigenvalue weighted by molar-refractivity contribution is 5.89. The molecule has 2 amide bonds. The van der Waals surface area contributed by atoms with E-state index in [4.69, 9.17) is 0 Å². The van der Waals surface area contributed by atoms with Crippen LogP contribution < -0.4 is 10.6 Å². The third kappa shape index (κ3) is 4.47. The first-order valence-electron chi connectivity index (χ1n) is 8.53. The number of carbonyl (C=O) groups excluding carboxylic acids is 1. The molecule has 8 nitrogen and oxygen atoms in total. The molecule has 0 spiro atoms. The molecule has 0 unspecified atom stereocenters. The van der Waals surface area contributed by atoms with Gasteiger partial charge in [0.05, 0.1) is 17.6 Å². The van der Waals surface area contributed by atoms with Gasteiger partial charge in [-0.2, -0.15) is 10.2 Å². The number of anilines is 1. The van der Waals surface area contributed by atoms with E-state index >= 15 is 0 Å². The number of nitrogens with zero attached hydrogens (tertiary/aromatic N) is 5. The van der Waals surface area contributed by atoms with E-state index in [1.54, 1.807) is 29.2 Å². The number of urea groups is 1. The maximum Gasteiger partial charge on any atom is 0.319 e. The van der Waals surface area contributed by atoms with Crippen molar-refractivity contribution in [1.82, 2.24) is 29.9 Å². The lowest BCUT2D eigenvalue weighted by molar-refractivity contribution is 0.249. The molecule has 26 heavy (non-hydrogen) atoms. The van der Waals surface area contributed by atoms with Crippen molar-refractivity contribution in [3.63, 3.8) is 0 Å². The second kappa shape index (κ2) is 7.81. The fraction of sp³-hybridized carbons (Fsp3) is 0.333. The zero-order valence-corrected chi connectivity index (χ0v) is 15.2. The van der Waals surface area contributed by atoms with Crippen molar-refractivity contribution in [2.24, 2.45) is 5.92 Å². The molecule has 3 aromatic heterocycles. The summed E-state index contributed by atoms with van der Waals surface area (Å²) in [5, 5.41) is 14.2. The second-order valence-corrected chi connectivity index (χ2v) is 6.41. The number of hydrogen-bond acceptors (Lipinski definition) is 4. The average molecular weight is 353 g/mol. The summed E-state index contributed by atoms with van der Waals surface area (Å²) in [7, 11) is 0. The highest BCUT2D eigenvalue weighted by Gasteiger charge is 2.09. The molecule has 3 heterocycles. The Bertz CT molecular complexity index is 852. The van der Waals surface area contributed by atoms with Crippen LogP contribution in [0.15, 0.2) is 42.9 Å². The van der Waals surface area contributed by atoms with Crippen molar-refractivity contribution in [2.45, 2.75) is 27.3 Å². The van der Waals surface area contributed by atoms with Gasteiger partial charge in [0, 0.05) is 31.2 Å². The predicted molar refractivity (Wildman–Crippen MR) is 99.2 cm³/mol. The third-order valence-electron chi connectivity index (χ3n) is 3.94. The second-order valence-electron chi connectivity index (χ2n) is 6.41. The standard InChI is InChI=1S/C18H23N7O/c1-13(12-25-15(3)9-14(2)23-25)10-20-18(26)22-16-5-6-17(19-11-16)24-8-4-7-21-24/h4-9,11,13H,10,12H2,1-3H3,(H2,20,22,26)/t13-/m0/s1. The average Bonchev–Trinajstić information content (AvgIpc) is 3.24. The first-order valence-corrected chi connectivity index (χ1v) is 8.53. The fourth-order valence-corrected chi connectivity index (χ4v) is 2.66. The van der Waals surface area contributed by atoms with E-state index in [-0.39, 0.29) is 11.9 Å². The Kier molecular flexibility index (Phi) is 5.31. The summed E-state index contributed by atoms with van der Waals surface area (Å²) >= 11 is 0. The first kappa shape index (κ1) is 17.7. The minimum absolute atomic E-state index is 0.251. The number of pyridine rings is 1. The minimum Gasteiger partial charge on any atom is -0.338 e. The Hall–Kier alpha value is -3.16. The van der Waals surface area contributed by atoms with Gasteiger partial charge in [-0.3, -0.25) is 4.68 Å². The van der Waals surface area contributed by atoms with E-state index in [1.807, 2.05) is 36.9 Å². The lowest BCUT2D eigenvalue weighted by Gasteiger charge is -2.14. The Morgan fingerprint density at radius 3 is 2.77 bits per heavy atom. The maximum absolute atomic E-state index is 12.1. The van der Waals surface area contributed by atoms with Gasteiger partial charge >= 0.3 is 6.03 Å². The van der Waals surface area contributed by atoms with Gasteiger partial charge in [0.25, 0.3) is 0 Å². The molecule has 0 aromatic carbocycles. The topological polar surface area (TPSA) is 89.7 Å². The number of aryl methyl sites for hydroxylation is 2. The van der Waals surface area contributed by atoms with Crippen LogP contribution in [-0.4, -0.2) is 37.1 Å². The van der Waals surface area contributed by atoms with E-state index in [1.165, 1.54) is 0 Å². The van der Waals surface area contributed by atoms with E-state index in [0.717, 1.165) is 17.9 Å². The van der Waals surface area contributed by atoms with Gasteiger partial charge in [-0.15, -0.1) is 0 Å². The van der Waals surface area contributed by atoms with Crippen LogP contribution in [-0.2, 0) is 6.54 Å². The molecule has 136 valence electrons. The highest BCUT2D eigenvalue weighted by atomic mass is 16.2. The predicted octanol–water partition coefficient (Wildman–Crippen LogP) is 2.54. The molecule has 3 rings (SSSR count). The fourth-order valence-electron chi connectivity index (χ4n) is 2.66. The summed E-state index contributed by atoms with van der Waals surface area (Å²) in [6.07, 6.45) is 5.11. The molecule has 8 heteroatoms. The van der Waals surface area contributed by atoms with Gasteiger partial charge in [0.2, 0.25) is 0 Å². The van der Waals surface area contributed by atoms with Gasteiger partial charge in [-0.1, -0.05) is 6.92 Å². The Morgan fingerprint density at radius 1 is 1.31 bits per heavy atom. The Labute approximate surface area is 152 Å². The van der Waals surface area contributed by atoms with E-state index in [2.05, 4.69) is 32.7 Å². The number of carbonyl (C=O) groups is 1. The van der Waals surface area contributed by atoms with Crippen LogP contribution in [0.3, 0.4) is 0 Å². The first-order chi connectivity index (χ1) is 12.5. The highest BCUT2D eigenvalue weighted by Crippen LogP contribution is 2.09. The van der Waals surface area contributed by atoms with Crippen LogP contribution in [0.4, 0.5) is 10.5 Å². The molecule has 1 atom stereocenters. The largest absolute Gasteiger partial charge is 0.338 e. The zero-order valence-electron chi connectivity index (χ0n) is 15.2. The molecule has 0 radical (unpaired) electrons. The molecule has 0 bridgehead atoms. The molecule has 0 saturated heterocycles. The third-order valence-corrected chi connectivity index (χ3v) is 3.94. The number of rotatable bonds is 6. The summed E-state index contributed by atoms with van der Waals surface area (Å²) in [4.78, 5) is 16.3. The van der Waals surface area contributed by atoms with Crippen molar-refractivity contribution >= 4 is 11.7 Å². The van der Waals surface area contributed by atoms with Crippen molar-refractivity contribution in [3.05, 3.63) is 54.2 Å². The molecular weight excluding hydrogens is 330 g/mol. The van der Waals surface area contributed by atoms with Crippen LogP contribution >= 0.6 is 0 Å². The Balaban J connectivity index is 1.47. The molecule has 2 N–H and O–H groups in total. The maximum atomic E-state index is 12.1. The van der Waals surface area contributed by atoms with Crippen LogP contribution in [0, 0.1) is 19.8 Å². The summed E-state index contributed by atoms with van der Waals surface area (Å²) in [6, 6.07) is 7.22. The SMILES string of the molecule is Cc1cc(C)n(C[C@@H](C)CNC(=O)Nc2ccc(-n3cccn3)nc2)n1. The van der Waals surface area contributed by atoms with E-state index < -0.39 is 0 Å². The number of aromatic nitrogens is 5.